The molecule has 2 aromatic rings. The maximum absolute atomic E-state index is 13.2. The SMILES string of the molecule is Cc1cc2c(cc1S(=O)(=O)N1CCC(C(=O)Nc3ccc(F)cc3Cl)CC1)OCC(=O)N2. The van der Waals surface area contributed by atoms with Gasteiger partial charge in [-0.05, 0) is 49.6 Å². The predicted octanol–water partition coefficient (Wildman–Crippen LogP) is 3.16. The van der Waals surface area contributed by atoms with Crippen LogP contribution in [0.5, 0.6) is 5.75 Å². The summed E-state index contributed by atoms with van der Waals surface area (Å²) < 4.78 is 46.3. The van der Waals surface area contributed by atoms with Crippen molar-refractivity contribution in [2.75, 3.05) is 30.3 Å². The van der Waals surface area contributed by atoms with Crippen molar-refractivity contribution in [1.29, 1.82) is 0 Å². The number of amides is 2. The van der Waals surface area contributed by atoms with E-state index in [1.165, 1.54) is 22.5 Å². The molecule has 4 rings (SSSR count). The molecule has 8 nitrogen and oxygen atoms in total. The van der Waals surface area contributed by atoms with Crippen LogP contribution in [0, 0.1) is 18.7 Å². The maximum atomic E-state index is 13.2. The summed E-state index contributed by atoms with van der Waals surface area (Å²) in [5, 5.41) is 5.44. The number of ether oxygens (including phenoxy) is 1. The minimum absolute atomic E-state index is 0.0969. The van der Waals surface area contributed by atoms with Crippen LogP contribution in [0.2, 0.25) is 5.02 Å². The van der Waals surface area contributed by atoms with E-state index < -0.39 is 21.8 Å². The highest BCUT2D eigenvalue weighted by atomic mass is 35.5. The topological polar surface area (TPSA) is 105 Å². The van der Waals surface area contributed by atoms with Crippen LogP contribution in [0.25, 0.3) is 0 Å². The average Bonchev–Trinajstić information content (AvgIpc) is 2.75. The van der Waals surface area contributed by atoms with E-state index in [1.807, 2.05) is 0 Å². The molecule has 32 heavy (non-hydrogen) atoms. The molecule has 0 atom stereocenters. The second-order valence-electron chi connectivity index (χ2n) is 7.74. The molecule has 0 unspecified atom stereocenters. The number of nitrogens with zero attached hydrogens (tertiary/aromatic N) is 1. The van der Waals surface area contributed by atoms with Gasteiger partial charge in [-0.15, -0.1) is 0 Å². The largest absolute Gasteiger partial charge is 0.482 e. The molecule has 0 aromatic heterocycles. The van der Waals surface area contributed by atoms with Gasteiger partial charge in [0.05, 0.1) is 21.3 Å². The summed E-state index contributed by atoms with van der Waals surface area (Å²) >= 11 is 5.96. The van der Waals surface area contributed by atoms with Gasteiger partial charge in [-0.2, -0.15) is 4.31 Å². The number of fused-ring (bicyclic) bond motifs is 1. The zero-order valence-corrected chi connectivity index (χ0v) is 18.7. The van der Waals surface area contributed by atoms with Crippen LogP contribution in [0.4, 0.5) is 15.8 Å². The van der Waals surface area contributed by atoms with Gasteiger partial charge < -0.3 is 15.4 Å². The summed E-state index contributed by atoms with van der Waals surface area (Å²) in [5.74, 6) is -1.18. The number of sulfonamides is 1. The van der Waals surface area contributed by atoms with Crippen molar-refractivity contribution in [2.24, 2.45) is 5.92 Å². The molecule has 1 saturated heterocycles. The van der Waals surface area contributed by atoms with Gasteiger partial charge in [0.1, 0.15) is 11.6 Å². The molecule has 2 heterocycles. The van der Waals surface area contributed by atoms with E-state index in [-0.39, 0.29) is 41.4 Å². The van der Waals surface area contributed by atoms with Crippen LogP contribution in [0.1, 0.15) is 18.4 Å². The van der Waals surface area contributed by atoms with Gasteiger partial charge in [-0.3, -0.25) is 9.59 Å². The first-order valence-corrected chi connectivity index (χ1v) is 11.8. The first-order chi connectivity index (χ1) is 15.1. The number of aryl methyl sites for hydroxylation is 1. The molecule has 0 spiro atoms. The van der Waals surface area contributed by atoms with Crippen molar-refractivity contribution >= 4 is 44.8 Å². The number of hydrogen-bond donors (Lipinski definition) is 2. The van der Waals surface area contributed by atoms with E-state index in [2.05, 4.69) is 10.6 Å². The van der Waals surface area contributed by atoms with Crippen LogP contribution >= 0.6 is 11.6 Å². The van der Waals surface area contributed by atoms with Crippen molar-refractivity contribution in [3.05, 3.63) is 46.7 Å². The highest BCUT2D eigenvalue weighted by Crippen LogP contribution is 2.35. The second-order valence-corrected chi connectivity index (χ2v) is 10.1. The number of rotatable bonds is 4. The fraction of sp³-hybridized carbons (Fsp3) is 0.333. The normalized spacial score (nSPS) is 17.3. The minimum atomic E-state index is -3.81. The van der Waals surface area contributed by atoms with Gasteiger partial charge in [-0.1, -0.05) is 11.6 Å². The van der Waals surface area contributed by atoms with Crippen LogP contribution in [0.15, 0.2) is 35.2 Å². The Hall–Kier alpha value is -2.69. The molecule has 2 aliphatic rings. The quantitative estimate of drug-likeness (QED) is 0.698. The Bertz CT molecular complexity index is 1200. The third-order valence-electron chi connectivity index (χ3n) is 5.54. The lowest BCUT2D eigenvalue weighted by atomic mass is 9.97. The Morgan fingerprint density at radius 2 is 1.97 bits per heavy atom. The first kappa shape index (κ1) is 22.5. The average molecular weight is 482 g/mol. The van der Waals surface area contributed by atoms with Crippen LogP contribution in [-0.4, -0.2) is 44.2 Å². The molecule has 0 aliphatic carbocycles. The fourth-order valence-electron chi connectivity index (χ4n) is 3.82. The summed E-state index contributed by atoms with van der Waals surface area (Å²) in [4.78, 5) is 24.2. The van der Waals surface area contributed by atoms with Gasteiger partial charge in [0.15, 0.2) is 6.61 Å². The molecule has 0 saturated carbocycles. The van der Waals surface area contributed by atoms with Gasteiger partial charge in [0.2, 0.25) is 15.9 Å². The Morgan fingerprint density at radius 3 is 2.66 bits per heavy atom. The monoisotopic (exact) mass is 481 g/mol. The predicted molar refractivity (Wildman–Crippen MR) is 117 cm³/mol. The molecular weight excluding hydrogens is 461 g/mol. The molecule has 11 heteroatoms. The number of benzene rings is 2. The zero-order chi connectivity index (χ0) is 23.0. The van der Waals surface area contributed by atoms with Crippen LogP contribution in [0.3, 0.4) is 0 Å². The molecule has 0 bridgehead atoms. The van der Waals surface area contributed by atoms with E-state index in [1.54, 1.807) is 13.0 Å². The van der Waals surface area contributed by atoms with E-state index in [9.17, 15) is 22.4 Å². The van der Waals surface area contributed by atoms with Crippen molar-refractivity contribution in [3.63, 3.8) is 0 Å². The second kappa shape index (κ2) is 8.68. The molecule has 2 aromatic carbocycles. The summed E-state index contributed by atoms with van der Waals surface area (Å²) in [5.41, 5.74) is 1.23. The molecule has 170 valence electrons. The molecule has 1 fully saturated rings. The summed E-state index contributed by atoms with van der Waals surface area (Å²) in [6, 6.07) is 6.70. The van der Waals surface area contributed by atoms with E-state index in [4.69, 9.17) is 16.3 Å². The number of halogens is 2. The summed E-state index contributed by atoms with van der Waals surface area (Å²) in [6.07, 6.45) is 0.668. The zero-order valence-electron chi connectivity index (χ0n) is 17.2. The Kier molecular flexibility index (Phi) is 6.11. The smallest absolute Gasteiger partial charge is 0.262 e. The van der Waals surface area contributed by atoms with E-state index in [0.29, 0.717) is 35.5 Å². The first-order valence-electron chi connectivity index (χ1n) is 9.98. The third-order valence-corrected chi connectivity index (χ3v) is 7.89. The number of hydrogen-bond acceptors (Lipinski definition) is 5. The number of carbonyl (C=O) groups is 2. The summed E-state index contributed by atoms with van der Waals surface area (Å²) in [6.45, 7) is 1.83. The Labute approximate surface area is 189 Å². The van der Waals surface area contributed by atoms with Gasteiger partial charge >= 0.3 is 0 Å². The van der Waals surface area contributed by atoms with Crippen molar-refractivity contribution in [3.8, 4) is 5.75 Å². The Balaban J connectivity index is 1.44. The van der Waals surface area contributed by atoms with Crippen LogP contribution in [-0.2, 0) is 19.6 Å². The number of nitrogens with one attached hydrogen (secondary N) is 2. The van der Waals surface area contributed by atoms with Crippen LogP contribution < -0.4 is 15.4 Å². The lowest BCUT2D eigenvalue weighted by Gasteiger charge is -2.31. The van der Waals surface area contributed by atoms with Gasteiger partial charge in [0, 0.05) is 25.1 Å². The third kappa shape index (κ3) is 4.43. The van der Waals surface area contributed by atoms with E-state index in [0.717, 1.165) is 6.07 Å². The lowest BCUT2D eigenvalue weighted by Crippen LogP contribution is -2.41. The molecule has 2 aliphatic heterocycles. The molecular formula is C21H21ClFN3O5S. The number of anilines is 2. The molecule has 2 N–H and O–H groups in total. The number of piperidine rings is 1. The van der Waals surface area contributed by atoms with Gasteiger partial charge in [-0.25, -0.2) is 12.8 Å². The van der Waals surface area contributed by atoms with E-state index >= 15 is 0 Å². The highest BCUT2D eigenvalue weighted by molar-refractivity contribution is 7.89. The van der Waals surface area contributed by atoms with Crippen molar-refractivity contribution in [2.45, 2.75) is 24.7 Å². The van der Waals surface area contributed by atoms with Crippen molar-refractivity contribution in [1.82, 2.24) is 4.31 Å². The maximum Gasteiger partial charge on any atom is 0.262 e. The summed E-state index contributed by atoms with van der Waals surface area (Å²) in [7, 11) is -3.81. The lowest BCUT2D eigenvalue weighted by molar-refractivity contribution is -0.121. The van der Waals surface area contributed by atoms with Crippen molar-refractivity contribution < 1.29 is 27.1 Å². The highest BCUT2D eigenvalue weighted by Gasteiger charge is 2.34. The molecule has 0 radical (unpaired) electrons. The Morgan fingerprint density at radius 1 is 1.25 bits per heavy atom. The number of carbonyl (C=O) groups excluding carboxylic acids is 2. The fourth-order valence-corrected chi connectivity index (χ4v) is 5.72. The molecule has 2 amide bonds. The van der Waals surface area contributed by atoms with Gasteiger partial charge in [0.25, 0.3) is 5.91 Å². The minimum Gasteiger partial charge on any atom is -0.482 e. The standard InChI is InChI=1S/C21H21ClFN3O5S/c1-12-8-17-18(31-11-20(27)24-17)10-19(12)32(29,30)26-6-4-13(5-7-26)21(28)25-16-3-2-14(23)9-15(16)22/h2-3,8-10,13H,4-7,11H2,1H3,(H,24,27)(H,25,28).